The number of amides is 1. The third-order valence-corrected chi connectivity index (χ3v) is 5.77. The van der Waals surface area contributed by atoms with Gasteiger partial charge in [-0.2, -0.15) is 5.10 Å². The van der Waals surface area contributed by atoms with E-state index in [4.69, 9.17) is 14.6 Å². The van der Waals surface area contributed by atoms with Gasteiger partial charge in [-0.05, 0) is 85.6 Å². The lowest BCUT2D eigenvalue weighted by atomic mass is 10.1. The highest BCUT2D eigenvalue weighted by atomic mass is 16.5. The number of benzene rings is 3. The molecule has 0 radical (unpaired) electrons. The second kappa shape index (κ2) is 11.3. The molecule has 37 heavy (non-hydrogen) atoms. The Kier molecular flexibility index (Phi) is 7.68. The summed E-state index contributed by atoms with van der Waals surface area (Å²) in [6, 6.07) is 23.2. The van der Waals surface area contributed by atoms with E-state index in [9.17, 15) is 9.59 Å². The first kappa shape index (κ1) is 25.2. The van der Waals surface area contributed by atoms with Crippen molar-refractivity contribution in [1.82, 2.24) is 9.99 Å². The zero-order valence-electron chi connectivity index (χ0n) is 20.8. The van der Waals surface area contributed by atoms with Crippen LogP contribution < -0.4 is 14.9 Å². The van der Waals surface area contributed by atoms with Crippen molar-refractivity contribution in [2.45, 2.75) is 20.5 Å². The van der Waals surface area contributed by atoms with E-state index < -0.39 is 5.97 Å². The zero-order valence-corrected chi connectivity index (χ0v) is 20.8. The molecule has 4 rings (SSSR count). The summed E-state index contributed by atoms with van der Waals surface area (Å²) in [6.07, 6.45) is 1.52. The molecule has 0 aliphatic rings. The number of carboxylic acids is 1. The second-order valence-electron chi connectivity index (χ2n) is 8.41. The van der Waals surface area contributed by atoms with Crippen LogP contribution in [0.15, 0.2) is 84.0 Å². The van der Waals surface area contributed by atoms with Crippen molar-refractivity contribution in [3.63, 3.8) is 0 Å². The molecule has 8 nitrogen and oxygen atoms in total. The zero-order chi connectivity index (χ0) is 26.4. The molecular formula is C29H27N3O5. The van der Waals surface area contributed by atoms with Crippen molar-refractivity contribution in [2.75, 3.05) is 7.11 Å². The molecule has 0 saturated heterocycles. The number of nitrogens with zero attached hydrogens (tertiary/aromatic N) is 2. The summed E-state index contributed by atoms with van der Waals surface area (Å²) in [5.41, 5.74) is 7.76. The Hall–Kier alpha value is -4.85. The number of methoxy groups -OCH3 is 1. The van der Waals surface area contributed by atoms with Crippen molar-refractivity contribution in [3.05, 3.63) is 113 Å². The van der Waals surface area contributed by atoms with E-state index >= 15 is 0 Å². The molecular weight excluding hydrogens is 470 g/mol. The maximum Gasteiger partial charge on any atom is 0.335 e. The van der Waals surface area contributed by atoms with E-state index in [0.29, 0.717) is 22.6 Å². The molecule has 3 aromatic carbocycles. The van der Waals surface area contributed by atoms with Gasteiger partial charge in [-0.3, -0.25) is 4.79 Å². The lowest BCUT2D eigenvalue weighted by Gasteiger charge is -2.12. The molecule has 2 N–H and O–H groups in total. The molecule has 0 bridgehead atoms. The van der Waals surface area contributed by atoms with Crippen LogP contribution in [0.25, 0.3) is 5.69 Å². The van der Waals surface area contributed by atoms with Crippen molar-refractivity contribution in [3.8, 4) is 17.2 Å². The van der Waals surface area contributed by atoms with Crippen molar-refractivity contribution in [1.29, 1.82) is 0 Å². The molecule has 4 aromatic rings. The van der Waals surface area contributed by atoms with E-state index in [1.54, 1.807) is 42.5 Å². The van der Waals surface area contributed by atoms with Gasteiger partial charge in [0.15, 0.2) is 11.5 Å². The van der Waals surface area contributed by atoms with Gasteiger partial charge in [0.2, 0.25) is 0 Å². The minimum absolute atomic E-state index is 0.183. The fourth-order valence-corrected chi connectivity index (χ4v) is 3.93. The van der Waals surface area contributed by atoms with Crippen LogP contribution in [0.1, 0.15) is 43.2 Å². The van der Waals surface area contributed by atoms with Gasteiger partial charge in [0.05, 0.1) is 18.9 Å². The minimum atomic E-state index is -0.992. The Morgan fingerprint density at radius 3 is 2.38 bits per heavy atom. The third-order valence-electron chi connectivity index (χ3n) is 5.77. The van der Waals surface area contributed by atoms with Crippen molar-refractivity contribution in [2.24, 2.45) is 5.10 Å². The summed E-state index contributed by atoms with van der Waals surface area (Å²) in [4.78, 5) is 23.8. The van der Waals surface area contributed by atoms with Crippen LogP contribution in [0.5, 0.6) is 11.5 Å². The van der Waals surface area contributed by atoms with Gasteiger partial charge in [-0.15, -0.1) is 0 Å². The predicted octanol–water partition coefficient (Wildman–Crippen LogP) is 5.14. The number of hydrazone groups is 1. The van der Waals surface area contributed by atoms with Crippen LogP contribution in [-0.2, 0) is 6.61 Å². The van der Waals surface area contributed by atoms with E-state index in [-0.39, 0.29) is 18.1 Å². The Morgan fingerprint density at radius 2 is 1.65 bits per heavy atom. The average Bonchev–Trinajstić information content (AvgIpc) is 3.25. The number of carboxylic acid groups (broad SMARTS) is 1. The molecule has 8 heteroatoms. The lowest BCUT2D eigenvalue weighted by molar-refractivity contribution is 0.0696. The van der Waals surface area contributed by atoms with Crippen LogP contribution in [-0.4, -0.2) is 34.9 Å². The molecule has 0 fully saturated rings. The van der Waals surface area contributed by atoms with Crippen molar-refractivity contribution >= 4 is 18.1 Å². The van der Waals surface area contributed by atoms with Crippen molar-refractivity contribution < 1.29 is 24.2 Å². The SMILES string of the molecule is COc1cc(/C=N\NC(=O)c2cccc(-n3c(C)ccc3C)c2)ccc1OCc1cccc(C(=O)O)c1. The summed E-state index contributed by atoms with van der Waals surface area (Å²) in [6.45, 7) is 4.22. The Bertz CT molecular complexity index is 1450. The molecule has 0 saturated carbocycles. The molecule has 0 aliphatic carbocycles. The van der Waals surface area contributed by atoms with Crippen LogP contribution in [0.3, 0.4) is 0 Å². The monoisotopic (exact) mass is 497 g/mol. The summed E-state index contributed by atoms with van der Waals surface area (Å²) in [7, 11) is 1.52. The number of rotatable bonds is 9. The number of carbonyl (C=O) groups is 2. The second-order valence-corrected chi connectivity index (χ2v) is 8.41. The Morgan fingerprint density at radius 1 is 0.919 bits per heavy atom. The largest absolute Gasteiger partial charge is 0.493 e. The fourth-order valence-electron chi connectivity index (χ4n) is 3.93. The fraction of sp³-hybridized carbons (Fsp3) is 0.138. The van der Waals surface area contributed by atoms with Crippen LogP contribution in [0.4, 0.5) is 0 Å². The van der Waals surface area contributed by atoms with E-state index in [2.05, 4.69) is 15.1 Å². The van der Waals surface area contributed by atoms with Gasteiger partial charge in [-0.1, -0.05) is 18.2 Å². The molecule has 1 amide bonds. The highest BCUT2D eigenvalue weighted by Crippen LogP contribution is 2.28. The van der Waals surface area contributed by atoms with Crippen LogP contribution in [0, 0.1) is 13.8 Å². The van der Waals surface area contributed by atoms with Crippen LogP contribution in [0.2, 0.25) is 0 Å². The first-order valence-corrected chi connectivity index (χ1v) is 11.6. The van der Waals surface area contributed by atoms with E-state index in [0.717, 1.165) is 22.6 Å². The van der Waals surface area contributed by atoms with Gasteiger partial charge >= 0.3 is 5.97 Å². The summed E-state index contributed by atoms with van der Waals surface area (Å²) in [5.74, 6) is -0.336. The molecule has 0 atom stereocenters. The molecule has 0 spiro atoms. The number of ether oxygens (including phenoxy) is 2. The molecule has 1 heterocycles. The number of carbonyl (C=O) groups excluding carboxylic acids is 1. The number of aromatic carboxylic acids is 1. The third kappa shape index (κ3) is 6.05. The predicted molar refractivity (Wildman–Crippen MR) is 141 cm³/mol. The smallest absolute Gasteiger partial charge is 0.335 e. The number of hydrogen-bond donors (Lipinski definition) is 2. The number of aryl methyl sites for hydroxylation is 2. The molecule has 0 unspecified atom stereocenters. The maximum atomic E-state index is 12.7. The first-order valence-electron chi connectivity index (χ1n) is 11.6. The summed E-state index contributed by atoms with van der Waals surface area (Å²) in [5, 5.41) is 13.2. The highest BCUT2D eigenvalue weighted by molar-refractivity contribution is 5.95. The number of aromatic nitrogens is 1. The number of nitrogens with one attached hydrogen (secondary N) is 1. The quantitative estimate of drug-likeness (QED) is 0.246. The number of hydrogen-bond acceptors (Lipinski definition) is 5. The van der Waals surface area contributed by atoms with Crippen LogP contribution >= 0.6 is 0 Å². The van der Waals surface area contributed by atoms with E-state index in [1.165, 1.54) is 19.4 Å². The molecule has 0 aliphatic heterocycles. The van der Waals surface area contributed by atoms with Gasteiger partial charge in [0.1, 0.15) is 6.61 Å². The summed E-state index contributed by atoms with van der Waals surface area (Å²) < 4.78 is 13.3. The Labute approximate surface area is 214 Å². The molecule has 1 aromatic heterocycles. The average molecular weight is 498 g/mol. The topological polar surface area (TPSA) is 102 Å². The van der Waals surface area contributed by atoms with Gasteiger partial charge in [0.25, 0.3) is 5.91 Å². The lowest BCUT2D eigenvalue weighted by Crippen LogP contribution is -2.18. The normalized spacial score (nSPS) is 10.9. The van der Waals surface area contributed by atoms with Gasteiger partial charge in [0, 0.05) is 22.6 Å². The summed E-state index contributed by atoms with van der Waals surface area (Å²) >= 11 is 0. The molecule has 188 valence electrons. The van der Waals surface area contributed by atoms with Gasteiger partial charge < -0.3 is 19.1 Å². The minimum Gasteiger partial charge on any atom is -0.493 e. The first-order chi connectivity index (χ1) is 17.9. The van der Waals surface area contributed by atoms with Gasteiger partial charge in [-0.25, -0.2) is 10.2 Å². The highest BCUT2D eigenvalue weighted by Gasteiger charge is 2.10. The van der Waals surface area contributed by atoms with E-state index in [1.807, 2.05) is 44.2 Å². The Balaban J connectivity index is 1.40. The standard InChI is InChI=1S/C29H27N3O5/c1-19-10-11-20(2)32(19)25-9-5-7-23(16-25)28(33)31-30-17-21-12-13-26(27(15-21)36-3)37-18-22-6-4-8-24(14-22)29(34)35/h4-17H,18H2,1-3H3,(H,31,33)(H,34,35)/b30-17-. The maximum absolute atomic E-state index is 12.7.